The molecule has 0 bridgehead atoms. The minimum atomic E-state index is -0.759. The number of hydrogen-bond donors (Lipinski definition) is 2. The van der Waals surface area contributed by atoms with Crippen molar-refractivity contribution in [3.63, 3.8) is 0 Å². The molecule has 23 heavy (non-hydrogen) atoms. The predicted octanol–water partition coefficient (Wildman–Crippen LogP) is 3.76. The predicted molar refractivity (Wildman–Crippen MR) is 86.2 cm³/mol. The van der Waals surface area contributed by atoms with E-state index in [1.807, 2.05) is 0 Å². The van der Waals surface area contributed by atoms with Crippen LogP contribution in [0.3, 0.4) is 0 Å². The Bertz CT molecular complexity index is 702. The molecule has 4 nitrogen and oxygen atoms in total. The van der Waals surface area contributed by atoms with Crippen LogP contribution in [0.2, 0.25) is 5.02 Å². The van der Waals surface area contributed by atoms with E-state index in [0.717, 1.165) is 37.8 Å². The molecule has 1 aliphatic carbocycles. The highest BCUT2D eigenvalue weighted by molar-refractivity contribution is 6.33. The summed E-state index contributed by atoms with van der Waals surface area (Å²) < 4.78 is 27.2. The minimum Gasteiger partial charge on any atom is -0.367 e. The molecular formula is C16H17ClF2N4. The summed E-state index contributed by atoms with van der Waals surface area (Å²) >= 11 is 6.08. The van der Waals surface area contributed by atoms with E-state index in [-0.39, 0.29) is 22.8 Å². The Hall–Kier alpha value is -1.79. The number of nitrogens with one attached hydrogen (secondary N) is 1. The summed E-state index contributed by atoms with van der Waals surface area (Å²) in [6.45, 7) is 0. The van der Waals surface area contributed by atoms with Crippen molar-refractivity contribution in [1.82, 2.24) is 9.97 Å². The maximum atomic E-state index is 13.9. The van der Waals surface area contributed by atoms with Gasteiger partial charge in [0.25, 0.3) is 0 Å². The largest absolute Gasteiger partial charge is 0.367 e. The van der Waals surface area contributed by atoms with Crippen LogP contribution in [0.1, 0.15) is 25.7 Å². The number of anilines is 1. The van der Waals surface area contributed by atoms with Crippen LogP contribution < -0.4 is 11.1 Å². The Morgan fingerprint density at radius 1 is 1.17 bits per heavy atom. The molecule has 0 amide bonds. The van der Waals surface area contributed by atoms with Crippen LogP contribution in [-0.4, -0.2) is 22.1 Å². The first kappa shape index (κ1) is 16.1. The Labute approximate surface area is 138 Å². The molecule has 0 atom stereocenters. The van der Waals surface area contributed by atoms with E-state index in [2.05, 4.69) is 15.3 Å². The van der Waals surface area contributed by atoms with Crippen molar-refractivity contribution in [3.05, 3.63) is 41.2 Å². The van der Waals surface area contributed by atoms with Gasteiger partial charge >= 0.3 is 0 Å². The molecule has 3 N–H and O–H groups in total. The highest BCUT2D eigenvalue weighted by atomic mass is 35.5. The van der Waals surface area contributed by atoms with Gasteiger partial charge in [0.1, 0.15) is 17.3 Å². The first-order valence-electron chi connectivity index (χ1n) is 7.53. The third-order valence-corrected chi connectivity index (χ3v) is 4.35. The van der Waals surface area contributed by atoms with Crippen molar-refractivity contribution < 1.29 is 8.78 Å². The summed E-state index contributed by atoms with van der Waals surface area (Å²) in [5.74, 6) is -0.825. The van der Waals surface area contributed by atoms with E-state index in [1.54, 1.807) is 6.07 Å². The summed E-state index contributed by atoms with van der Waals surface area (Å²) in [7, 11) is 0. The molecule has 0 spiro atoms. The third-order valence-electron chi connectivity index (χ3n) is 4.05. The van der Waals surface area contributed by atoms with Crippen molar-refractivity contribution in [1.29, 1.82) is 0 Å². The molecule has 2 heterocycles. The molecular weight excluding hydrogens is 322 g/mol. The standard InChI is InChI=1S/C16H17ClF2N4/c17-12-8-21-15(22-10-3-1-9(20)2-4-10)7-11(12)16-13(18)5-6-14(19)23-16/h5-10H,1-4,20H2,(H,21,22)/t9-,10-. The van der Waals surface area contributed by atoms with Crippen LogP contribution in [0.25, 0.3) is 11.3 Å². The maximum Gasteiger partial charge on any atom is 0.213 e. The van der Waals surface area contributed by atoms with Gasteiger partial charge in [0, 0.05) is 23.8 Å². The molecule has 122 valence electrons. The summed E-state index contributed by atoms with van der Waals surface area (Å²) in [5.41, 5.74) is 6.09. The second kappa shape index (κ2) is 6.76. The van der Waals surface area contributed by atoms with Gasteiger partial charge in [0.15, 0.2) is 0 Å². The lowest BCUT2D eigenvalue weighted by Crippen LogP contribution is -2.33. The van der Waals surface area contributed by atoms with Crippen LogP contribution in [-0.2, 0) is 0 Å². The lowest BCUT2D eigenvalue weighted by molar-refractivity contribution is 0.410. The molecule has 0 radical (unpaired) electrons. The first-order valence-corrected chi connectivity index (χ1v) is 7.91. The zero-order valence-corrected chi connectivity index (χ0v) is 13.2. The molecule has 0 aliphatic heterocycles. The van der Waals surface area contributed by atoms with Crippen molar-refractivity contribution in [2.24, 2.45) is 5.73 Å². The van der Waals surface area contributed by atoms with Crippen LogP contribution in [0, 0.1) is 11.8 Å². The van der Waals surface area contributed by atoms with Gasteiger partial charge in [-0.25, -0.2) is 14.4 Å². The van der Waals surface area contributed by atoms with Gasteiger partial charge in [-0.2, -0.15) is 4.39 Å². The lowest BCUT2D eigenvalue weighted by Gasteiger charge is -2.27. The monoisotopic (exact) mass is 338 g/mol. The van der Waals surface area contributed by atoms with Gasteiger partial charge in [0.2, 0.25) is 5.95 Å². The number of nitrogens with zero attached hydrogens (tertiary/aromatic N) is 2. The van der Waals surface area contributed by atoms with Crippen LogP contribution in [0.5, 0.6) is 0 Å². The Balaban J connectivity index is 1.86. The van der Waals surface area contributed by atoms with E-state index in [1.165, 1.54) is 6.20 Å². The van der Waals surface area contributed by atoms with Crippen molar-refractivity contribution in [2.45, 2.75) is 37.8 Å². The van der Waals surface area contributed by atoms with Gasteiger partial charge in [-0.05, 0) is 43.9 Å². The minimum absolute atomic E-state index is 0.119. The number of halogens is 3. The average Bonchev–Trinajstić information content (AvgIpc) is 2.54. The average molecular weight is 339 g/mol. The topological polar surface area (TPSA) is 63.8 Å². The van der Waals surface area contributed by atoms with Gasteiger partial charge in [-0.3, -0.25) is 0 Å². The number of nitrogens with two attached hydrogens (primary N) is 1. The molecule has 1 fully saturated rings. The molecule has 0 aromatic carbocycles. The Kier molecular flexibility index (Phi) is 4.73. The fraction of sp³-hybridized carbons (Fsp3) is 0.375. The molecule has 7 heteroatoms. The summed E-state index contributed by atoms with van der Waals surface area (Å²) in [6, 6.07) is 4.12. The molecule has 2 aromatic rings. The highest BCUT2D eigenvalue weighted by Crippen LogP contribution is 2.30. The van der Waals surface area contributed by atoms with Gasteiger partial charge in [-0.15, -0.1) is 0 Å². The number of hydrogen-bond acceptors (Lipinski definition) is 4. The Morgan fingerprint density at radius 2 is 1.91 bits per heavy atom. The van der Waals surface area contributed by atoms with Crippen LogP contribution in [0.15, 0.2) is 24.4 Å². The zero-order chi connectivity index (χ0) is 16.4. The fourth-order valence-electron chi connectivity index (χ4n) is 2.78. The highest BCUT2D eigenvalue weighted by Gasteiger charge is 2.19. The van der Waals surface area contributed by atoms with E-state index >= 15 is 0 Å². The molecule has 1 aliphatic rings. The van der Waals surface area contributed by atoms with Gasteiger partial charge in [0.05, 0.1) is 5.02 Å². The van der Waals surface area contributed by atoms with Crippen LogP contribution in [0.4, 0.5) is 14.6 Å². The van der Waals surface area contributed by atoms with E-state index in [4.69, 9.17) is 17.3 Å². The fourth-order valence-corrected chi connectivity index (χ4v) is 2.97. The van der Waals surface area contributed by atoms with Crippen LogP contribution >= 0.6 is 11.6 Å². The van der Waals surface area contributed by atoms with Crippen molar-refractivity contribution >= 4 is 17.4 Å². The van der Waals surface area contributed by atoms with Crippen molar-refractivity contribution in [3.8, 4) is 11.3 Å². The van der Waals surface area contributed by atoms with E-state index in [0.29, 0.717) is 11.4 Å². The molecule has 3 rings (SSSR count). The smallest absolute Gasteiger partial charge is 0.213 e. The van der Waals surface area contributed by atoms with E-state index in [9.17, 15) is 8.78 Å². The van der Waals surface area contributed by atoms with Gasteiger partial charge in [-0.1, -0.05) is 11.6 Å². The maximum absolute atomic E-state index is 13.9. The molecule has 2 aromatic heterocycles. The Morgan fingerprint density at radius 3 is 2.65 bits per heavy atom. The normalized spacial score (nSPS) is 21.2. The SMILES string of the molecule is N[C@H]1CC[C@H](Nc2cc(-c3nc(F)ccc3F)c(Cl)cn2)CC1. The summed E-state index contributed by atoms with van der Waals surface area (Å²) in [6.07, 6.45) is 5.23. The number of rotatable bonds is 3. The third kappa shape index (κ3) is 3.76. The summed E-state index contributed by atoms with van der Waals surface area (Å²) in [5, 5.41) is 3.52. The number of aromatic nitrogens is 2. The molecule has 0 saturated heterocycles. The first-order chi connectivity index (χ1) is 11.0. The van der Waals surface area contributed by atoms with E-state index < -0.39 is 11.8 Å². The van der Waals surface area contributed by atoms with Crippen molar-refractivity contribution in [2.75, 3.05) is 5.32 Å². The van der Waals surface area contributed by atoms with Gasteiger partial charge < -0.3 is 11.1 Å². The second-order valence-corrected chi connectivity index (χ2v) is 6.18. The molecule has 1 saturated carbocycles. The lowest BCUT2D eigenvalue weighted by atomic mass is 9.92. The quantitative estimate of drug-likeness (QED) is 0.836. The zero-order valence-electron chi connectivity index (χ0n) is 12.4. The number of pyridine rings is 2. The molecule has 0 unspecified atom stereocenters. The summed E-state index contributed by atoms with van der Waals surface area (Å²) in [4.78, 5) is 7.81. The second-order valence-electron chi connectivity index (χ2n) is 5.77.